The van der Waals surface area contributed by atoms with Crippen LogP contribution in [-0.2, 0) is 19.5 Å². The first kappa shape index (κ1) is 18.8. The molecule has 0 aliphatic carbocycles. The number of sulfonamides is 1. The van der Waals surface area contributed by atoms with Gasteiger partial charge in [0, 0.05) is 33.4 Å². The first-order valence-electron chi connectivity index (χ1n) is 6.67. The van der Waals surface area contributed by atoms with Crippen LogP contribution in [0.2, 0.25) is 0 Å². The van der Waals surface area contributed by atoms with E-state index in [-0.39, 0.29) is 11.8 Å². The highest BCUT2D eigenvalue weighted by Gasteiger charge is 2.26. The van der Waals surface area contributed by atoms with Crippen molar-refractivity contribution < 1.29 is 17.9 Å². The Balaban J connectivity index is 4.52. The highest BCUT2D eigenvalue weighted by Crippen LogP contribution is 2.08. The fourth-order valence-corrected chi connectivity index (χ4v) is 3.36. The van der Waals surface area contributed by atoms with Gasteiger partial charge in [0.25, 0.3) is 0 Å². The third kappa shape index (κ3) is 7.84. The third-order valence-corrected chi connectivity index (χ3v) is 4.71. The molecule has 0 amide bonds. The van der Waals surface area contributed by atoms with Gasteiger partial charge >= 0.3 is 0 Å². The number of nitrogens with one attached hydrogen (secondary N) is 1. The average Bonchev–Trinajstić information content (AvgIpc) is 2.35. The van der Waals surface area contributed by atoms with Crippen LogP contribution in [0, 0.1) is 0 Å². The maximum atomic E-state index is 12.3. The Morgan fingerprint density at radius 1 is 1.21 bits per heavy atom. The molecule has 6 nitrogen and oxygen atoms in total. The van der Waals surface area contributed by atoms with Crippen molar-refractivity contribution in [1.82, 2.24) is 9.62 Å². The van der Waals surface area contributed by atoms with Crippen LogP contribution < -0.4 is 5.32 Å². The first-order valence-corrected chi connectivity index (χ1v) is 8.28. The second kappa shape index (κ2) is 10.6. The van der Waals surface area contributed by atoms with Crippen molar-refractivity contribution >= 4 is 10.0 Å². The Kier molecular flexibility index (Phi) is 10.4. The topological polar surface area (TPSA) is 67.9 Å². The Labute approximate surface area is 117 Å². The summed E-state index contributed by atoms with van der Waals surface area (Å²) in [5, 5.41) is 3.10. The summed E-state index contributed by atoms with van der Waals surface area (Å²) >= 11 is 0. The second-order valence-electron chi connectivity index (χ2n) is 4.47. The Bertz CT molecular complexity index is 309. The van der Waals surface area contributed by atoms with Crippen molar-refractivity contribution in [2.45, 2.75) is 26.3 Å². The molecule has 1 atom stereocenters. The van der Waals surface area contributed by atoms with Crippen LogP contribution in [-0.4, -0.2) is 71.6 Å². The van der Waals surface area contributed by atoms with Gasteiger partial charge in [-0.15, -0.1) is 0 Å². The normalized spacial score (nSPS) is 13.9. The smallest absolute Gasteiger partial charge is 0.215 e. The van der Waals surface area contributed by atoms with Gasteiger partial charge in [-0.3, -0.25) is 0 Å². The van der Waals surface area contributed by atoms with E-state index in [1.165, 1.54) is 4.31 Å². The van der Waals surface area contributed by atoms with E-state index in [1.54, 1.807) is 14.2 Å². The zero-order valence-electron chi connectivity index (χ0n) is 12.5. The molecule has 0 radical (unpaired) electrons. The van der Waals surface area contributed by atoms with E-state index in [4.69, 9.17) is 9.47 Å². The standard InChI is InChI=1S/C12H28N2O4S/c1-5-6-13-7-10-19(15,16)14(8-9-17-3)12(2)11-18-4/h12-13H,5-11H2,1-4H3. The van der Waals surface area contributed by atoms with Crippen molar-refractivity contribution in [3.8, 4) is 0 Å². The summed E-state index contributed by atoms with van der Waals surface area (Å²) in [6.07, 6.45) is 0.994. The summed E-state index contributed by atoms with van der Waals surface area (Å²) in [5.41, 5.74) is 0. The molecule has 0 saturated heterocycles. The van der Waals surface area contributed by atoms with Gasteiger partial charge in [0.15, 0.2) is 0 Å². The molecule has 1 N–H and O–H groups in total. The van der Waals surface area contributed by atoms with E-state index in [9.17, 15) is 8.42 Å². The molecule has 0 aliphatic heterocycles. The van der Waals surface area contributed by atoms with E-state index in [0.717, 1.165) is 13.0 Å². The van der Waals surface area contributed by atoms with Crippen LogP contribution >= 0.6 is 0 Å². The molecule has 0 rings (SSSR count). The molecule has 0 aromatic heterocycles. The minimum atomic E-state index is -3.29. The van der Waals surface area contributed by atoms with E-state index >= 15 is 0 Å². The SMILES string of the molecule is CCCNCCS(=O)(=O)N(CCOC)C(C)COC. The van der Waals surface area contributed by atoms with Crippen molar-refractivity contribution in [2.75, 3.05) is 52.8 Å². The lowest BCUT2D eigenvalue weighted by molar-refractivity contribution is 0.119. The quantitative estimate of drug-likeness (QED) is 0.525. The Morgan fingerprint density at radius 2 is 1.89 bits per heavy atom. The largest absolute Gasteiger partial charge is 0.383 e. The molecule has 0 aliphatic rings. The molecule has 19 heavy (non-hydrogen) atoms. The summed E-state index contributed by atoms with van der Waals surface area (Å²) in [6, 6.07) is -0.184. The summed E-state index contributed by atoms with van der Waals surface area (Å²) in [5.74, 6) is 0.102. The minimum Gasteiger partial charge on any atom is -0.383 e. The van der Waals surface area contributed by atoms with Gasteiger partial charge in [-0.1, -0.05) is 6.92 Å². The van der Waals surface area contributed by atoms with E-state index in [0.29, 0.717) is 26.3 Å². The van der Waals surface area contributed by atoms with Gasteiger partial charge < -0.3 is 14.8 Å². The summed E-state index contributed by atoms with van der Waals surface area (Å²) in [7, 11) is -0.152. The van der Waals surface area contributed by atoms with Crippen LogP contribution in [0.4, 0.5) is 0 Å². The Morgan fingerprint density at radius 3 is 2.42 bits per heavy atom. The van der Waals surface area contributed by atoms with Crippen LogP contribution in [0.15, 0.2) is 0 Å². The van der Waals surface area contributed by atoms with Crippen LogP contribution in [0.5, 0.6) is 0 Å². The van der Waals surface area contributed by atoms with Gasteiger partial charge in [0.05, 0.1) is 19.0 Å². The van der Waals surface area contributed by atoms with Crippen LogP contribution in [0.1, 0.15) is 20.3 Å². The summed E-state index contributed by atoms with van der Waals surface area (Å²) in [6.45, 7) is 6.32. The molecular weight excluding hydrogens is 268 g/mol. The average molecular weight is 296 g/mol. The maximum Gasteiger partial charge on any atom is 0.215 e. The second-order valence-corrected chi connectivity index (χ2v) is 6.51. The Hall–Kier alpha value is -0.210. The molecule has 0 bridgehead atoms. The molecule has 7 heteroatoms. The lowest BCUT2D eigenvalue weighted by Crippen LogP contribution is -2.45. The molecule has 0 aromatic rings. The number of nitrogens with zero attached hydrogens (tertiary/aromatic N) is 1. The van der Waals surface area contributed by atoms with Crippen molar-refractivity contribution in [1.29, 1.82) is 0 Å². The molecule has 0 saturated carbocycles. The number of hydrogen-bond donors (Lipinski definition) is 1. The van der Waals surface area contributed by atoms with E-state index in [2.05, 4.69) is 5.32 Å². The number of hydrogen-bond acceptors (Lipinski definition) is 5. The van der Waals surface area contributed by atoms with Gasteiger partial charge in [0.1, 0.15) is 0 Å². The predicted octanol–water partition coefficient (Wildman–Crippen LogP) is 0.299. The number of rotatable bonds is 12. The number of methoxy groups -OCH3 is 2. The fourth-order valence-electron chi connectivity index (χ4n) is 1.76. The molecule has 0 fully saturated rings. The third-order valence-electron chi connectivity index (χ3n) is 2.74. The lowest BCUT2D eigenvalue weighted by atomic mass is 10.3. The lowest BCUT2D eigenvalue weighted by Gasteiger charge is -2.27. The van der Waals surface area contributed by atoms with Gasteiger partial charge in [0.2, 0.25) is 10.0 Å². The van der Waals surface area contributed by atoms with Crippen LogP contribution in [0.25, 0.3) is 0 Å². The highest BCUT2D eigenvalue weighted by molar-refractivity contribution is 7.89. The van der Waals surface area contributed by atoms with Gasteiger partial charge in [-0.2, -0.15) is 4.31 Å². The zero-order chi connectivity index (χ0) is 14.7. The van der Waals surface area contributed by atoms with Crippen molar-refractivity contribution in [2.24, 2.45) is 0 Å². The molecule has 0 heterocycles. The number of ether oxygens (including phenoxy) is 2. The van der Waals surface area contributed by atoms with Gasteiger partial charge in [-0.05, 0) is 19.9 Å². The molecule has 0 aromatic carbocycles. The maximum absolute atomic E-state index is 12.3. The monoisotopic (exact) mass is 296 g/mol. The molecule has 0 spiro atoms. The molecular formula is C12H28N2O4S. The molecule has 1 unspecified atom stereocenters. The predicted molar refractivity (Wildman–Crippen MR) is 76.9 cm³/mol. The van der Waals surface area contributed by atoms with Gasteiger partial charge in [-0.25, -0.2) is 8.42 Å². The summed E-state index contributed by atoms with van der Waals surface area (Å²) in [4.78, 5) is 0. The van der Waals surface area contributed by atoms with Crippen molar-refractivity contribution in [3.63, 3.8) is 0 Å². The molecule has 116 valence electrons. The zero-order valence-corrected chi connectivity index (χ0v) is 13.3. The van der Waals surface area contributed by atoms with Crippen molar-refractivity contribution in [3.05, 3.63) is 0 Å². The summed E-state index contributed by atoms with van der Waals surface area (Å²) < 4.78 is 36.1. The van der Waals surface area contributed by atoms with E-state index in [1.807, 2.05) is 13.8 Å². The fraction of sp³-hybridized carbons (Fsp3) is 1.00. The van der Waals surface area contributed by atoms with Crippen LogP contribution in [0.3, 0.4) is 0 Å². The minimum absolute atomic E-state index is 0.102. The highest BCUT2D eigenvalue weighted by atomic mass is 32.2. The first-order chi connectivity index (χ1) is 8.99. The van der Waals surface area contributed by atoms with E-state index < -0.39 is 10.0 Å².